The van der Waals surface area contributed by atoms with E-state index in [-0.39, 0.29) is 38.4 Å². The lowest BCUT2D eigenvalue weighted by atomic mass is 9.76. The molecule has 1 spiro atoms. The zero-order chi connectivity index (χ0) is 31.7. The molecule has 1 aromatic heterocycles. The molecule has 1 unspecified atom stereocenters. The third-order valence-corrected chi connectivity index (χ3v) is 8.73. The lowest BCUT2D eigenvalue weighted by Crippen LogP contribution is -2.45. The number of amides is 1. The molecule has 10 nitrogen and oxygen atoms in total. The predicted octanol–water partition coefficient (Wildman–Crippen LogP) is 6.43. The maximum absolute atomic E-state index is 14.2. The van der Waals surface area contributed by atoms with E-state index < -0.39 is 36.0 Å². The van der Waals surface area contributed by atoms with Crippen molar-refractivity contribution < 1.29 is 37.0 Å². The van der Waals surface area contributed by atoms with Crippen molar-refractivity contribution in [2.24, 2.45) is 5.41 Å². The normalized spacial score (nSPS) is 19.3. The molecule has 2 fully saturated rings. The second-order valence-corrected chi connectivity index (χ2v) is 13.4. The number of hydrogen-bond donors (Lipinski definition) is 1. The number of nitrogens with two attached hydrogens (primary N) is 1. The lowest BCUT2D eigenvalue weighted by Gasteiger charge is -2.39. The SMILES string of the molecule is CCOC(=O)C1CC2(CCN(c3cc(O[C@H](c4c(Br)cccc4Br)C(F)(F)F)nc(N)n3)CC2)CN1C(=O)OC(C)(C)C. The average Bonchev–Trinajstić information content (AvgIpc) is 3.26. The summed E-state index contributed by atoms with van der Waals surface area (Å²) in [5.41, 5.74) is 4.66. The number of ether oxygens (including phenoxy) is 3. The van der Waals surface area contributed by atoms with Crippen LogP contribution in [0.2, 0.25) is 0 Å². The number of nitrogens with zero attached hydrogens (tertiary/aromatic N) is 4. The van der Waals surface area contributed by atoms with E-state index in [9.17, 15) is 22.8 Å². The van der Waals surface area contributed by atoms with Crippen LogP contribution in [0, 0.1) is 5.41 Å². The van der Waals surface area contributed by atoms with Crippen molar-refractivity contribution in [2.75, 3.05) is 36.9 Å². The van der Waals surface area contributed by atoms with Gasteiger partial charge in [-0.2, -0.15) is 23.1 Å². The number of nitrogen functional groups attached to an aromatic ring is 1. The molecule has 1 amide bonds. The van der Waals surface area contributed by atoms with E-state index in [1.165, 1.54) is 23.1 Å². The van der Waals surface area contributed by atoms with Crippen molar-refractivity contribution in [1.82, 2.24) is 14.9 Å². The first-order valence-electron chi connectivity index (χ1n) is 13.7. The Morgan fingerprint density at radius 3 is 2.33 bits per heavy atom. The number of likely N-dealkylation sites (tertiary alicyclic amines) is 1. The molecule has 43 heavy (non-hydrogen) atoms. The molecule has 2 N–H and O–H groups in total. The Labute approximate surface area is 264 Å². The fourth-order valence-corrected chi connectivity index (χ4v) is 6.83. The molecule has 15 heteroatoms. The molecule has 236 valence electrons. The zero-order valence-electron chi connectivity index (χ0n) is 24.2. The number of alkyl halides is 3. The summed E-state index contributed by atoms with van der Waals surface area (Å²) in [4.78, 5) is 37.3. The van der Waals surface area contributed by atoms with E-state index >= 15 is 0 Å². The van der Waals surface area contributed by atoms with Crippen molar-refractivity contribution in [3.05, 3.63) is 38.8 Å². The van der Waals surface area contributed by atoms with Crippen LogP contribution in [0.1, 0.15) is 58.6 Å². The molecular weight excluding hydrogens is 703 g/mol. The quantitative estimate of drug-likeness (QED) is 0.335. The van der Waals surface area contributed by atoms with Gasteiger partial charge in [-0.1, -0.05) is 37.9 Å². The highest BCUT2D eigenvalue weighted by atomic mass is 79.9. The van der Waals surface area contributed by atoms with Crippen LogP contribution in [0.3, 0.4) is 0 Å². The summed E-state index contributed by atoms with van der Waals surface area (Å²) in [6.45, 7) is 8.38. The van der Waals surface area contributed by atoms with E-state index in [1.54, 1.807) is 33.8 Å². The van der Waals surface area contributed by atoms with E-state index in [0.29, 0.717) is 44.7 Å². The van der Waals surface area contributed by atoms with Crippen LogP contribution in [0.5, 0.6) is 5.88 Å². The molecular formula is C28H34Br2F3N5O5. The molecule has 2 aliphatic rings. The summed E-state index contributed by atoms with van der Waals surface area (Å²) in [7, 11) is 0. The highest BCUT2D eigenvalue weighted by molar-refractivity contribution is 9.11. The molecule has 2 aromatic rings. The predicted molar refractivity (Wildman–Crippen MR) is 160 cm³/mol. The van der Waals surface area contributed by atoms with Crippen molar-refractivity contribution in [3.8, 4) is 5.88 Å². The van der Waals surface area contributed by atoms with Gasteiger partial charge in [-0.25, -0.2) is 9.59 Å². The minimum absolute atomic E-state index is 0.138. The van der Waals surface area contributed by atoms with E-state index in [1.807, 2.05) is 4.90 Å². The molecule has 0 radical (unpaired) electrons. The van der Waals surface area contributed by atoms with Gasteiger partial charge < -0.3 is 24.8 Å². The van der Waals surface area contributed by atoms with E-state index in [0.717, 1.165) is 0 Å². The number of piperidine rings is 1. The number of anilines is 2. The van der Waals surface area contributed by atoms with Gasteiger partial charge in [0.15, 0.2) is 0 Å². The van der Waals surface area contributed by atoms with Crippen LogP contribution in [0.4, 0.5) is 29.7 Å². The van der Waals surface area contributed by atoms with Gasteiger partial charge in [0.2, 0.25) is 17.9 Å². The Hall–Kier alpha value is -2.81. The van der Waals surface area contributed by atoms with E-state index in [4.69, 9.17) is 19.9 Å². The minimum Gasteiger partial charge on any atom is -0.464 e. The van der Waals surface area contributed by atoms with Crippen molar-refractivity contribution in [2.45, 2.75) is 70.9 Å². The maximum atomic E-state index is 14.2. The summed E-state index contributed by atoms with van der Waals surface area (Å²) in [6, 6.07) is 5.14. The number of aromatic nitrogens is 2. The first-order valence-corrected chi connectivity index (χ1v) is 15.3. The monoisotopic (exact) mass is 735 g/mol. The molecule has 0 saturated carbocycles. The van der Waals surface area contributed by atoms with Crippen LogP contribution in [0.25, 0.3) is 0 Å². The number of esters is 1. The fraction of sp³-hybridized carbons (Fsp3) is 0.571. The van der Waals surface area contributed by atoms with Crippen molar-refractivity contribution in [3.63, 3.8) is 0 Å². The van der Waals surface area contributed by atoms with Crippen molar-refractivity contribution >= 4 is 55.7 Å². The second kappa shape index (κ2) is 12.7. The zero-order valence-corrected chi connectivity index (χ0v) is 27.4. The van der Waals surface area contributed by atoms with Crippen LogP contribution in [0.15, 0.2) is 33.2 Å². The fourth-order valence-electron chi connectivity index (χ4n) is 5.41. The smallest absolute Gasteiger partial charge is 0.429 e. The number of halogens is 5. The molecule has 2 aliphatic heterocycles. The van der Waals surface area contributed by atoms with Gasteiger partial charge >= 0.3 is 18.2 Å². The summed E-state index contributed by atoms with van der Waals surface area (Å²) in [5.74, 6) is -0.728. The summed E-state index contributed by atoms with van der Waals surface area (Å²) in [6.07, 6.45) is -6.10. The third-order valence-electron chi connectivity index (χ3n) is 7.35. The van der Waals surface area contributed by atoms with Gasteiger partial charge in [0.25, 0.3) is 0 Å². The summed E-state index contributed by atoms with van der Waals surface area (Å²) in [5, 5.41) is 0. The first kappa shape index (κ1) is 33.1. The molecule has 0 aliphatic carbocycles. The van der Waals surface area contributed by atoms with Crippen LogP contribution in [-0.4, -0.2) is 71.0 Å². The lowest BCUT2D eigenvalue weighted by molar-refractivity contribution is -0.199. The number of carbonyl (C=O) groups is 2. The number of carbonyl (C=O) groups excluding carboxylic acids is 2. The highest BCUT2D eigenvalue weighted by Crippen LogP contribution is 2.46. The summed E-state index contributed by atoms with van der Waals surface area (Å²) < 4.78 is 59.2. The van der Waals surface area contributed by atoms with E-state index in [2.05, 4.69) is 41.8 Å². The minimum atomic E-state index is -4.76. The second-order valence-electron chi connectivity index (χ2n) is 11.7. The van der Waals surface area contributed by atoms with Gasteiger partial charge in [0, 0.05) is 40.2 Å². The maximum Gasteiger partial charge on any atom is 0.429 e. The number of hydrogen-bond acceptors (Lipinski definition) is 9. The standard InChI is InChI=1S/C28H34Br2F3N5O5/c1-5-41-23(39)18-14-27(15-38(18)25(40)43-26(2,3)4)9-11-37(12-10-27)19-13-20(36-24(34)35-19)42-22(28(31,32)33)21-16(29)7-6-8-17(21)30/h6-8,13,18,22H,5,9-12,14-15H2,1-4H3,(H2,34,35,36)/t18?,22-/m1/s1. The average molecular weight is 737 g/mol. The molecule has 1 aromatic carbocycles. The molecule has 0 bridgehead atoms. The highest BCUT2D eigenvalue weighted by Gasteiger charge is 2.51. The Morgan fingerprint density at radius 2 is 1.77 bits per heavy atom. The Bertz CT molecular complexity index is 1330. The summed E-state index contributed by atoms with van der Waals surface area (Å²) >= 11 is 6.37. The first-order chi connectivity index (χ1) is 20.0. The van der Waals surface area contributed by atoms with Crippen molar-refractivity contribution in [1.29, 1.82) is 0 Å². The van der Waals surface area contributed by atoms with Gasteiger partial charge in [-0.05, 0) is 64.5 Å². The molecule has 2 saturated heterocycles. The Kier molecular flexibility index (Phi) is 9.74. The molecule has 3 heterocycles. The number of rotatable bonds is 6. The number of benzene rings is 1. The Morgan fingerprint density at radius 1 is 1.14 bits per heavy atom. The molecule has 4 rings (SSSR count). The molecule has 2 atom stereocenters. The van der Waals surface area contributed by atoms with Gasteiger partial charge in [-0.3, -0.25) is 4.90 Å². The van der Waals surface area contributed by atoms with Gasteiger partial charge in [0.1, 0.15) is 17.5 Å². The van der Waals surface area contributed by atoms with Crippen LogP contribution in [-0.2, 0) is 14.3 Å². The topological polar surface area (TPSA) is 120 Å². The van der Waals surface area contributed by atoms with Gasteiger partial charge in [0.05, 0.1) is 6.61 Å². The van der Waals surface area contributed by atoms with Crippen LogP contribution < -0.4 is 15.4 Å². The third kappa shape index (κ3) is 7.83. The van der Waals surface area contributed by atoms with Crippen LogP contribution >= 0.6 is 31.9 Å². The van der Waals surface area contributed by atoms with Gasteiger partial charge in [-0.15, -0.1) is 0 Å². The largest absolute Gasteiger partial charge is 0.464 e. The Balaban J connectivity index is 1.53.